The van der Waals surface area contributed by atoms with E-state index in [1.165, 1.54) is 11.1 Å². The summed E-state index contributed by atoms with van der Waals surface area (Å²) in [4.78, 5) is 7.18. The molecule has 0 saturated carbocycles. The van der Waals surface area contributed by atoms with Gasteiger partial charge in [0.05, 0.1) is 0 Å². The van der Waals surface area contributed by atoms with Gasteiger partial charge in [0.1, 0.15) is 16.7 Å². The van der Waals surface area contributed by atoms with Crippen molar-refractivity contribution in [3.8, 4) is 44.8 Å². The summed E-state index contributed by atoms with van der Waals surface area (Å²) >= 11 is 0. The van der Waals surface area contributed by atoms with Crippen LogP contribution in [0.3, 0.4) is 0 Å². The summed E-state index contributed by atoms with van der Waals surface area (Å²) in [6.07, 6.45) is 0. The quantitative estimate of drug-likeness (QED) is 0.162. The number of hydrogen-bond donors (Lipinski definition) is 0. The molecule has 61 heavy (non-hydrogen) atoms. The van der Waals surface area contributed by atoms with Crippen LogP contribution < -0.4 is 4.90 Å². The maximum absolute atomic E-state index is 6.99. The van der Waals surface area contributed by atoms with E-state index in [1.807, 2.05) is 24.3 Å². The van der Waals surface area contributed by atoms with Crippen molar-refractivity contribution in [3.63, 3.8) is 0 Å². The molecule has 2 heterocycles. The van der Waals surface area contributed by atoms with Crippen LogP contribution in [0.15, 0.2) is 227 Å². The molecule has 12 rings (SSSR count). The summed E-state index contributed by atoms with van der Waals surface area (Å²) in [5.74, 6) is 0.611. The number of fused-ring (bicyclic) bond motifs is 7. The van der Waals surface area contributed by atoms with Crippen molar-refractivity contribution in [1.82, 2.24) is 4.98 Å². The molecule has 10 aromatic carbocycles. The molecule has 0 amide bonds. The first kappa shape index (κ1) is 34.8. The lowest BCUT2D eigenvalue weighted by Gasteiger charge is -2.26. The molecule has 4 nitrogen and oxygen atoms in total. The molecule has 286 valence electrons. The maximum atomic E-state index is 6.99. The standard InChI is InChI=1S/C57H36N2O2/c1-3-14-37(15-4-1)38-26-30-42(31-27-38)59(41-17-5-2-6-18-41)43-32-28-39(29-33-43)44-22-13-25-53-54(44)55-45-19-8-7-16-40(45)36-50(56(55)60-53)48-34-35-49(47-21-10-9-20-46(47)48)57-58-51-23-11-12-24-52(51)61-57/h1-36H. The Kier molecular flexibility index (Phi) is 8.13. The molecule has 0 fully saturated rings. The Morgan fingerprint density at radius 2 is 0.918 bits per heavy atom. The topological polar surface area (TPSA) is 42.4 Å². The van der Waals surface area contributed by atoms with Gasteiger partial charge in [0.25, 0.3) is 0 Å². The first-order valence-corrected chi connectivity index (χ1v) is 20.6. The molecular weight excluding hydrogens is 745 g/mol. The summed E-state index contributed by atoms with van der Waals surface area (Å²) in [6, 6.07) is 76.9. The second kappa shape index (κ2) is 14.3. The number of nitrogens with zero attached hydrogens (tertiary/aromatic N) is 2. The molecule has 0 atom stereocenters. The summed E-state index contributed by atoms with van der Waals surface area (Å²) in [5.41, 5.74) is 14.3. The van der Waals surface area contributed by atoms with E-state index >= 15 is 0 Å². The van der Waals surface area contributed by atoms with Crippen molar-refractivity contribution in [2.24, 2.45) is 0 Å². The minimum atomic E-state index is 0.611. The highest BCUT2D eigenvalue weighted by Gasteiger charge is 2.22. The second-order valence-electron chi connectivity index (χ2n) is 15.5. The van der Waals surface area contributed by atoms with E-state index in [9.17, 15) is 0 Å². The minimum Gasteiger partial charge on any atom is -0.455 e. The molecular formula is C57H36N2O2. The number of rotatable bonds is 7. The molecule has 0 unspecified atom stereocenters. The third-order valence-electron chi connectivity index (χ3n) is 11.9. The minimum absolute atomic E-state index is 0.611. The fourth-order valence-corrected chi connectivity index (χ4v) is 9.06. The average molecular weight is 781 g/mol. The number of para-hydroxylation sites is 3. The van der Waals surface area contributed by atoms with Gasteiger partial charge in [-0.3, -0.25) is 0 Å². The third kappa shape index (κ3) is 5.88. The van der Waals surface area contributed by atoms with Gasteiger partial charge in [0.2, 0.25) is 5.89 Å². The van der Waals surface area contributed by atoms with Crippen molar-refractivity contribution < 1.29 is 8.83 Å². The van der Waals surface area contributed by atoms with Gasteiger partial charge in [0.15, 0.2) is 5.58 Å². The molecule has 2 aromatic heterocycles. The predicted octanol–water partition coefficient (Wildman–Crippen LogP) is 16.2. The lowest BCUT2D eigenvalue weighted by atomic mass is 9.90. The molecule has 12 aromatic rings. The summed E-state index contributed by atoms with van der Waals surface area (Å²) in [6.45, 7) is 0. The van der Waals surface area contributed by atoms with Crippen molar-refractivity contribution in [2.75, 3.05) is 4.90 Å². The fourth-order valence-electron chi connectivity index (χ4n) is 9.06. The molecule has 0 radical (unpaired) electrons. The Morgan fingerprint density at radius 1 is 0.344 bits per heavy atom. The third-order valence-corrected chi connectivity index (χ3v) is 11.9. The van der Waals surface area contributed by atoms with Crippen molar-refractivity contribution in [3.05, 3.63) is 218 Å². The largest absolute Gasteiger partial charge is 0.455 e. The van der Waals surface area contributed by atoms with E-state index in [1.54, 1.807) is 0 Å². The number of furan rings is 1. The molecule has 0 saturated heterocycles. The Morgan fingerprint density at radius 3 is 1.67 bits per heavy atom. The number of benzene rings is 10. The van der Waals surface area contributed by atoms with Gasteiger partial charge in [-0.05, 0) is 116 Å². The van der Waals surface area contributed by atoms with Crippen molar-refractivity contribution >= 4 is 71.6 Å². The zero-order valence-electron chi connectivity index (χ0n) is 33.0. The number of hydrogen-bond acceptors (Lipinski definition) is 4. The second-order valence-corrected chi connectivity index (χ2v) is 15.5. The lowest BCUT2D eigenvalue weighted by Crippen LogP contribution is -2.09. The molecule has 0 aliphatic rings. The Hall–Kier alpha value is -8.21. The average Bonchev–Trinajstić information content (AvgIpc) is 3.95. The van der Waals surface area contributed by atoms with Gasteiger partial charge in [-0.25, -0.2) is 4.98 Å². The molecule has 0 bridgehead atoms. The SMILES string of the molecule is c1ccc(-c2ccc(N(c3ccccc3)c3ccc(-c4cccc5oc6c(-c7ccc(-c8nc9ccccc9o8)c8ccccc78)cc7ccccc7c6c45)cc3)cc2)cc1. The molecule has 0 aliphatic carbocycles. The van der Waals surface area contributed by atoms with E-state index in [2.05, 4.69) is 199 Å². The van der Waals surface area contributed by atoms with E-state index in [-0.39, 0.29) is 0 Å². The normalized spacial score (nSPS) is 11.6. The summed E-state index contributed by atoms with van der Waals surface area (Å²) < 4.78 is 13.3. The lowest BCUT2D eigenvalue weighted by molar-refractivity contribution is 0.620. The molecule has 4 heteroatoms. The Bertz CT molecular complexity index is 3540. The Balaban J connectivity index is 0.999. The van der Waals surface area contributed by atoms with E-state index in [4.69, 9.17) is 13.8 Å². The number of oxazole rings is 1. The molecule has 0 aliphatic heterocycles. The highest BCUT2D eigenvalue weighted by Crippen LogP contribution is 2.47. The predicted molar refractivity (Wildman–Crippen MR) is 253 cm³/mol. The fraction of sp³-hybridized carbons (Fsp3) is 0. The van der Waals surface area contributed by atoms with Gasteiger partial charge in [-0.2, -0.15) is 0 Å². The number of aromatic nitrogens is 1. The number of anilines is 3. The highest BCUT2D eigenvalue weighted by molar-refractivity contribution is 6.26. The van der Waals surface area contributed by atoms with Crippen molar-refractivity contribution in [2.45, 2.75) is 0 Å². The maximum Gasteiger partial charge on any atom is 0.227 e. The van der Waals surface area contributed by atoms with E-state index in [0.717, 1.165) is 99.5 Å². The van der Waals surface area contributed by atoms with Gasteiger partial charge in [0, 0.05) is 39.0 Å². The van der Waals surface area contributed by atoms with Crippen LogP contribution in [0.1, 0.15) is 0 Å². The summed E-state index contributed by atoms with van der Waals surface area (Å²) in [7, 11) is 0. The van der Waals surface area contributed by atoms with Crippen LogP contribution in [0.5, 0.6) is 0 Å². The first-order valence-electron chi connectivity index (χ1n) is 20.6. The summed E-state index contributed by atoms with van der Waals surface area (Å²) in [5, 5.41) is 6.70. The van der Waals surface area contributed by atoms with Gasteiger partial charge in [-0.15, -0.1) is 0 Å². The Labute approximate surface area is 352 Å². The van der Waals surface area contributed by atoms with Crippen LogP contribution in [-0.4, -0.2) is 4.98 Å². The zero-order chi connectivity index (χ0) is 40.3. The van der Waals surface area contributed by atoms with Crippen LogP contribution >= 0.6 is 0 Å². The zero-order valence-corrected chi connectivity index (χ0v) is 33.0. The van der Waals surface area contributed by atoms with Crippen LogP contribution in [0.2, 0.25) is 0 Å². The van der Waals surface area contributed by atoms with E-state index in [0.29, 0.717) is 5.89 Å². The van der Waals surface area contributed by atoms with Crippen LogP contribution in [-0.2, 0) is 0 Å². The highest BCUT2D eigenvalue weighted by atomic mass is 16.3. The van der Waals surface area contributed by atoms with E-state index < -0.39 is 0 Å². The molecule has 0 spiro atoms. The smallest absolute Gasteiger partial charge is 0.227 e. The van der Waals surface area contributed by atoms with Crippen LogP contribution in [0, 0.1) is 0 Å². The first-order chi connectivity index (χ1) is 30.2. The van der Waals surface area contributed by atoms with Gasteiger partial charge < -0.3 is 13.7 Å². The van der Waals surface area contributed by atoms with Gasteiger partial charge in [-0.1, -0.05) is 152 Å². The monoisotopic (exact) mass is 780 g/mol. The van der Waals surface area contributed by atoms with Crippen LogP contribution in [0.4, 0.5) is 17.1 Å². The van der Waals surface area contributed by atoms with Crippen molar-refractivity contribution in [1.29, 1.82) is 0 Å². The van der Waals surface area contributed by atoms with Crippen LogP contribution in [0.25, 0.3) is 99.4 Å². The van der Waals surface area contributed by atoms with Gasteiger partial charge >= 0.3 is 0 Å². The molecule has 0 N–H and O–H groups in total.